The summed E-state index contributed by atoms with van der Waals surface area (Å²) in [6.45, 7) is 3.70. The van der Waals surface area contributed by atoms with Crippen molar-refractivity contribution in [3.8, 4) is 6.07 Å². The van der Waals surface area contributed by atoms with E-state index >= 15 is 0 Å². The predicted octanol–water partition coefficient (Wildman–Crippen LogP) is 3.08. The highest BCUT2D eigenvalue weighted by Crippen LogP contribution is 2.26. The molecule has 0 spiro atoms. The molecule has 2 N–H and O–H groups in total. The highest BCUT2D eigenvalue weighted by atomic mass is 79.9. The number of nitrogen functional groups attached to an aromatic ring is 1. The lowest BCUT2D eigenvalue weighted by Gasteiger charge is -2.14. The third kappa shape index (κ3) is 4.14. The highest BCUT2D eigenvalue weighted by Gasteiger charge is 2.19. The molecule has 0 amide bonds. The Balaban J connectivity index is 2.75. The van der Waals surface area contributed by atoms with Crippen molar-refractivity contribution in [1.82, 2.24) is 0 Å². The number of halogens is 1. The van der Waals surface area contributed by atoms with E-state index in [9.17, 15) is 4.21 Å². The Morgan fingerprint density at radius 1 is 1.53 bits per heavy atom. The Morgan fingerprint density at radius 2 is 2.18 bits per heavy atom. The molecule has 1 rings (SSSR count). The van der Waals surface area contributed by atoms with Gasteiger partial charge in [0, 0.05) is 15.9 Å². The van der Waals surface area contributed by atoms with Gasteiger partial charge in [-0.25, -0.2) is 0 Å². The fourth-order valence-electron chi connectivity index (χ4n) is 1.22. The molecule has 1 unspecified atom stereocenters. The number of hydrogen-bond acceptors (Lipinski definition) is 3. The van der Waals surface area contributed by atoms with Crippen molar-refractivity contribution in [2.75, 3.05) is 11.5 Å². The third-order valence-corrected chi connectivity index (χ3v) is 4.76. The van der Waals surface area contributed by atoms with Gasteiger partial charge in [-0.2, -0.15) is 5.26 Å². The van der Waals surface area contributed by atoms with Crippen molar-refractivity contribution < 1.29 is 4.21 Å². The van der Waals surface area contributed by atoms with Gasteiger partial charge >= 0.3 is 0 Å². The summed E-state index contributed by atoms with van der Waals surface area (Å²) in [5.41, 5.74) is 5.82. The molecule has 3 nitrogen and oxygen atoms in total. The number of benzene rings is 1. The van der Waals surface area contributed by atoms with Crippen LogP contribution in [0.15, 0.2) is 27.6 Å². The summed E-state index contributed by atoms with van der Waals surface area (Å²) < 4.78 is 12.8. The van der Waals surface area contributed by atoms with E-state index in [1.54, 1.807) is 18.2 Å². The van der Waals surface area contributed by atoms with E-state index in [1.807, 2.05) is 13.8 Å². The first-order valence-corrected chi connectivity index (χ1v) is 7.31. The molecular weight excluding hydrogens is 300 g/mol. The number of nitriles is 1. The Kier molecular flexibility index (Phi) is 4.72. The van der Waals surface area contributed by atoms with Crippen LogP contribution in [0, 0.1) is 16.7 Å². The Hall–Kier alpha value is -0.860. The van der Waals surface area contributed by atoms with Crippen molar-refractivity contribution in [2.45, 2.75) is 25.2 Å². The molecule has 0 saturated heterocycles. The van der Waals surface area contributed by atoms with Crippen molar-refractivity contribution in [3.63, 3.8) is 0 Å². The third-order valence-electron chi connectivity index (χ3n) is 2.42. The molecule has 1 aromatic carbocycles. The van der Waals surface area contributed by atoms with Gasteiger partial charge in [0.25, 0.3) is 0 Å². The summed E-state index contributed by atoms with van der Waals surface area (Å²) >= 11 is 3.35. The number of anilines is 1. The minimum atomic E-state index is -1.10. The fraction of sp³-hybridized carbons (Fsp3) is 0.417. The largest absolute Gasteiger partial charge is 0.399 e. The zero-order chi connectivity index (χ0) is 13.1. The van der Waals surface area contributed by atoms with Gasteiger partial charge in [0.15, 0.2) is 0 Å². The number of nitrogens with zero attached hydrogens (tertiary/aromatic N) is 1. The Labute approximate surface area is 113 Å². The summed E-state index contributed by atoms with van der Waals surface area (Å²) in [7, 11) is -1.10. The molecule has 0 saturated carbocycles. The van der Waals surface area contributed by atoms with Crippen LogP contribution in [0.3, 0.4) is 0 Å². The van der Waals surface area contributed by atoms with Gasteiger partial charge in [-0.1, -0.05) is 0 Å². The summed E-state index contributed by atoms with van der Waals surface area (Å²) in [6.07, 6.45) is 0.604. The topological polar surface area (TPSA) is 66.9 Å². The SMILES string of the molecule is CC(C)(C#N)CCS(=O)c1ccc(N)cc1Br. The van der Waals surface area contributed by atoms with Crippen LogP contribution in [0.25, 0.3) is 0 Å². The zero-order valence-electron chi connectivity index (χ0n) is 9.87. The van der Waals surface area contributed by atoms with Gasteiger partial charge in [0.1, 0.15) is 0 Å². The lowest BCUT2D eigenvalue weighted by molar-refractivity contribution is 0.479. The molecule has 92 valence electrons. The molecular formula is C12H15BrN2OS. The molecule has 5 heteroatoms. The van der Waals surface area contributed by atoms with Crippen LogP contribution in [0.1, 0.15) is 20.3 Å². The van der Waals surface area contributed by atoms with E-state index in [0.717, 1.165) is 9.37 Å². The van der Waals surface area contributed by atoms with E-state index < -0.39 is 16.2 Å². The van der Waals surface area contributed by atoms with Gasteiger partial charge in [0.2, 0.25) is 0 Å². The first kappa shape index (κ1) is 14.2. The number of nitrogens with two attached hydrogens (primary N) is 1. The van der Waals surface area contributed by atoms with Gasteiger partial charge in [0.05, 0.1) is 27.2 Å². The Morgan fingerprint density at radius 3 is 2.71 bits per heavy atom. The van der Waals surface area contributed by atoms with Crippen molar-refractivity contribution in [1.29, 1.82) is 5.26 Å². The molecule has 0 aromatic heterocycles. The van der Waals surface area contributed by atoms with E-state index in [1.165, 1.54) is 0 Å². The zero-order valence-corrected chi connectivity index (χ0v) is 12.3. The van der Waals surface area contributed by atoms with Crippen LogP contribution in [-0.4, -0.2) is 9.96 Å². The smallest absolute Gasteiger partial charge is 0.0684 e. The second kappa shape index (κ2) is 5.65. The molecule has 17 heavy (non-hydrogen) atoms. The predicted molar refractivity (Wildman–Crippen MR) is 73.8 cm³/mol. The highest BCUT2D eigenvalue weighted by molar-refractivity contribution is 9.10. The molecule has 0 radical (unpaired) electrons. The second-order valence-electron chi connectivity index (χ2n) is 4.49. The van der Waals surface area contributed by atoms with E-state index in [4.69, 9.17) is 11.0 Å². The number of hydrogen-bond donors (Lipinski definition) is 1. The minimum absolute atomic E-state index is 0.435. The quantitative estimate of drug-likeness (QED) is 0.868. The standard InChI is InChI=1S/C12H15BrN2OS/c1-12(2,8-14)5-6-17(16)11-4-3-9(15)7-10(11)13/h3-4,7H,5-6,15H2,1-2H3. The lowest BCUT2D eigenvalue weighted by Crippen LogP contribution is -2.13. The van der Waals surface area contributed by atoms with Crippen molar-refractivity contribution in [2.24, 2.45) is 5.41 Å². The van der Waals surface area contributed by atoms with Crippen LogP contribution in [0.5, 0.6) is 0 Å². The van der Waals surface area contributed by atoms with E-state index in [-0.39, 0.29) is 0 Å². The first-order valence-electron chi connectivity index (χ1n) is 5.20. The first-order chi connectivity index (χ1) is 7.85. The van der Waals surface area contributed by atoms with E-state index in [2.05, 4.69) is 22.0 Å². The maximum atomic E-state index is 12.1. The minimum Gasteiger partial charge on any atom is -0.399 e. The monoisotopic (exact) mass is 314 g/mol. The van der Waals surface area contributed by atoms with Crippen LogP contribution in [0.4, 0.5) is 5.69 Å². The maximum absolute atomic E-state index is 12.1. The fourth-order valence-corrected chi connectivity index (χ4v) is 3.57. The van der Waals surface area contributed by atoms with Crippen LogP contribution in [-0.2, 0) is 10.8 Å². The maximum Gasteiger partial charge on any atom is 0.0684 e. The van der Waals surface area contributed by atoms with Crippen LogP contribution >= 0.6 is 15.9 Å². The van der Waals surface area contributed by atoms with Crippen molar-refractivity contribution in [3.05, 3.63) is 22.7 Å². The van der Waals surface area contributed by atoms with Crippen LogP contribution < -0.4 is 5.73 Å². The van der Waals surface area contributed by atoms with E-state index in [0.29, 0.717) is 17.9 Å². The summed E-state index contributed by atoms with van der Waals surface area (Å²) in [4.78, 5) is 0.730. The van der Waals surface area contributed by atoms with Gasteiger partial charge in [-0.05, 0) is 54.4 Å². The summed E-state index contributed by atoms with van der Waals surface area (Å²) in [6, 6.07) is 7.43. The summed E-state index contributed by atoms with van der Waals surface area (Å²) in [5.74, 6) is 0.475. The number of rotatable bonds is 4. The molecule has 1 aromatic rings. The molecule has 0 heterocycles. The van der Waals surface area contributed by atoms with Gasteiger partial charge in [-0.15, -0.1) is 0 Å². The molecule has 1 atom stereocenters. The molecule has 0 fully saturated rings. The molecule has 0 aliphatic rings. The van der Waals surface area contributed by atoms with Crippen LogP contribution in [0.2, 0.25) is 0 Å². The average molecular weight is 315 g/mol. The van der Waals surface area contributed by atoms with Crippen molar-refractivity contribution >= 4 is 32.4 Å². The lowest BCUT2D eigenvalue weighted by atomic mass is 9.93. The molecule has 0 bridgehead atoms. The molecule has 0 aliphatic carbocycles. The molecule has 0 aliphatic heterocycles. The van der Waals surface area contributed by atoms with Gasteiger partial charge in [-0.3, -0.25) is 4.21 Å². The van der Waals surface area contributed by atoms with Gasteiger partial charge < -0.3 is 5.73 Å². The average Bonchev–Trinajstić information content (AvgIpc) is 2.26. The summed E-state index contributed by atoms with van der Waals surface area (Å²) in [5, 5.41) is 8.89. The second-order valence-corrected chi connectivity index (χ2v) is 6.88. The Bertz CT molecular complexity index is 480. The normalized spacial score (nSPS) is 13.1.